The number of pyridine rings is 1. The van der Waals surface area contributed by atoms with Crippen LogP contribution < -0.4 is 5.32 Å². The molecule has 1 aromatic rings. The number of aromatic carboxylic acids is 1. The number of carbonyl (C=O) groups is 2. The van der Waals surface area contributed by atoms with Gasteiger partial charge in [-0.25, -0.2) is 18.2 Å². The van der Waals surface area contributed by atoms with Gasteiger partial charge in [-0.15, -0.1) is 0 Å². The first kappa shape index (κ1) is 14.1. The molecule has 1 amide bonds. The lowest BCUT2D eigenvalue weighted by atomic mass is 10.2. The number of anilines is 1. The van der Waals surface area contributed by atoms with Crippen molar-refractivity contribution in [1.29, 1.82) is 0 Å². The SMILES string of the molecule is CC(C(=O)Nc1cc(C(=O)O)ccn1)S(C)(=O)=O. The van der Waals surface area contributed by atoms with Crippen molar-refractivity contribution in [3.05, 3.63) is 23.9 Å². The molecule has 18 heavy (non-hydrogen) atoms. The number of hydrogen-bond donors (Lipinski definition) is 2. The summed E-state index contributed by atoms with van der Waals surface area (Å²) in [4.78, 5) is 26.0. The molecule has 1 aromatic heterocycles. The minimum absolute atomic E-state index is 0.00426. The van der Waals surface area contributed by atoms with E-state index in [2.05, 4.69) is 10.3 Å². The maximum atomic E-state index is 11.6. The fourth-order valence-corrected chi connectivity index (χ4v) is 1.50. The summed E-state index contributed by atoms with van der Waals surface area (Å²) in [6.45, 7) is 1.24. The number of nitrogens with zero attached hydrogens (tertiary/aromatic N) is 1. The van der Waals surface area contributed by atoms with Crippen LogP contribution in [0.25, 0.3) is 0 Å². The Balaban J connectivity index is 2.89. The van der Waals surface area contributed by atoms with Gasteiger partial charge in [0.15, 0.2) is 9.84 Å². The molecule has 1 heterocycles. The zero-order valence-corrected chi connectivity index (χ0v) is 10.6. The summed E-state index contributed by atoms with van der Waals surface area (Å²) in [5.74, 6) is -1.92. The Morgan fingerprint density at radius 2 is 2.06 bits per heavy atom. The van der Waals surface area contributed by atoms with E-state index < -0.39 is 27.0 Å². The van der Waals surface area contributed by atoms with Gasteiger partial charge >= 0.3 is 5.97 Å². The molecule has 0 radical (unpaired) electrons. The van der Waals surface area contributed by atoms with Gasteiger partial charge in [0.25, 0.3) is 0 Å². The lowest BCUT2D eigenvalue weighted by Gasteiger charge is -2.09. The average molecular weight is 272 g/mol. The van der Waals surface area contributed by atoms with Gasteiger partial charge in [0.2, 0.25) is 5.91 Å². The number of amides is 1. The fourth-order valence-electron chi connectivity index (χ4n) is 1.05. The van der Waals surface area contributed by atoms with E-state index in [9.17, 15) is 18.0 Å². The lowest BCUT2D eigenvalue weighted by Crippen LogP contribution is -2.32. The van der Waals surface area contributed by atoms with Crippen molar-refractivity contribution in [2.24, 2.45) is 0 Å². The molecular weight excluding hydrogens is 260 g/mol. The normalized spacial score (nSPS) is 12.8. The summed E-state index contributed by atoms with van der Waals surface area (Å²) in [6, 6.07) is 2.41. The molecule has 0 saturated heterocycles. The zero-order valence-electron chi connectivity index (χ0n) is 9.75. The molecular formula is C10H12N2O5S. The predicted molar refractivity (Wildman–Crippen MR) is 64.1 cm³/mol. The Morgan fingerprint density at radius 3 is 2.56 bits per heavy atom. The first-order chi connectivity index (χ1) is 8.21. The van der Waals surface area contributed by atoms with Crippen LogP contribution in [0.1, 0.15) is 17.3 Å². The van der Waals surface area contributed by atoms with Crippen LogP contribution in [0.2, 0.25) is 0 Å². The Bertz CT molecular complexity index is 582. The van der Waals surface area contributed by atoms with Crippen molar-refractivity contribution in [1.82, 2.24) is 4.98 Å². The highest BCUT2D eigenvalue weighted by atomic mass is 32.2. The molecule has 8 heteroatoms. The first-order valence-corrected chi connectivity index (χ1v) is 6.86. The molecule has 0 aliphatic heterocycles. The van der Waals surface area contributed by atoms with Crippen molar-refractivity contribution in [3.63, 3.8) is 0 Å². The highest BCUT2D eigenvalue weighted by Gasteiger charge is 2.23. The largest absolute Gasteiger partial charge is 0.478 e. The third-order valence-corrected chi connectivity index (χ3v) is 3.77. The molecule has 1 unspecified atom stereocenters. The third-order valence-electron chi connectivity index (χ3n) is 2.27. The molecule has 2 N–H and O–H groups in total. The average Bonchev–Trinajstić information content (AvgIpc) is 2.27. The summed E-state index contributed by atoms with van der Waals surface area (Å²) in [7, 11) is -3.50. The Morgan fingerprint density at radius 1 is 1.44 bits per heavy atom. The molecule has 0 saturated carbocycles. The number of carboxylic acids is 1. The maximum absolute atomic E-state index is 11.6. The van der Waals surface area contributed by atoms with Gasteiger partial charge in [0, 0.05) is 12.5 Å². The van der Waals surface area contributed by atoms with Crippen molar-refractivity contribution < 1.29 is 23.1 Å². The number of rotatable bonds is 4. The Kier molecular flexibility index (Phi) is 4.02. The second-order valence-corrected chi connectivity index (χ2v) is 6.06. The second kappa shape index (κ2) is 5.13. The van der Waals surface area contributed by atoms with Gasteiger partial charge in [0.1, 0.15) is 11.1 Å². The molecule has 0 aliphatic rings. The molecule has 0 spiro atoms. The lowest BCUT2D eigenvalue weighted by molar-refractivity contribution is -0.115. The van der Waals surface area contributed by atoms with E-state index in [-0.39, 0.29) is 11.4 Å². The number of nitrogens with one attached hydrogen (secondary N) is 1. The first-order valence-electron chi connectivity index (χ1n) is 4.91. The Hall–Kier alpha value is -1.96. The highest BCUT2D eigenvalue weighted by molar-refractivity contribution is 7.92. The second-order valence-electron chi connectivity index (χ2n) is 3.70. The van der Waals surface area contributed by atoms with Gasteiger partial charge < -0.3 is 10.4 Å². The van der Waals surface area contributed by atoms with Crippen LogP contribution in [0.4, 0.5) is 5.82 Å². The maximum Gasteiger partial charge on any atom is 0.335 e. The van der Waals surface area contributed by atoms with E-state index in [0.29, 0.717) is 0 Å². The van der Waals surface area contributed by atoms with Crippen LogP contribution in [0, 0.1) is 0 Å². The number of hydrogen-bond acceptors (Lipinski definition) is 5. The van der Waals surface area contributed by atoms with Crippen LogP contribution in [-0.2, 0) is 14.6 Å². The molecule has 0 aliphatic carbocycles. The molecule has 1 rings (SSSR count). The van der Waals surface area contributed by atoms with Crippen molar-refractivity contribution in [2.45, 2.75) is 12.2 Å². The smallest absolute Gasteiger partial charge is 0.335 e. The molecule has 1 atom stereocenters. The van der Waals surface area contributed by atoms with Crippen LogP contribution >= 0.6 is 0 Å². The quantitative estimate of drug-likeness (QED) is 0.806. The topological polar surface area (TPSA) is 113 Å². The monoisotopic (exact) mass is 272 g/mol. The van der Waals surface area contributed by atoms with Gasteiger partial charge in [-0.1, -0.05) is 0 Å². The van der Waals surface area contributed by atoms with Crippen LogP contribution in [-0.4, -0.2) is 41.9 Å². The van der Waals surface area contributed by atoms with Gasteiger partial charge in [-0.2, -0.15) is 0 Å². The summed E-state index contributed by atoms with van der Waals surface area (Å²) in [6.07, 6.45) is 2.16. The Labute approximate surface area is 104 Å². The number of carboxylic acid groups (broad SMARTS) is 1. The minimum Gasteiger partial charge on any atom is -0.478 e. The molecule has 7 nitrogen and oxygen atoms in total. The summed E-state index contributed by atoms with van der Waals surface area (Å²) >= 11 is 0. The predicted octanol–water partition coefficient (Wildman–Crippen LogP) is 0.151. The van der Waals surface area contributed by atoms with E-state index in [1.165, 1.54) is 19.2 Å². The van der Waals surface area contributed by atoms with Gasteiger partial charge in [0.05, 0.1) is 5.56 Å². The number of sulfone groups is 1. The minimum atomic E-state index is -3.50. The highest BCUT2D eigenvalue weighted by Crippen LogP contribution is 2.09. The number of aromatic nitrogens is 1. The van der Waals surface area contributed by atoms with Crippen LogP contribution in [0.15, 0.2) is 18.3 Å². The van der Waals surface area contributed by atoms with E-state index in [0.717, 1.165) is 12.3 Å². The summed E-state index contributed by atoms with van der Waals surface area (Å²) < 4.78 is 22.3. The van der Waals surface area contributed by atoms with Gasteiger partial charge in [-0.05, 0) is 19.1 Å². The van der Waals surface area contributed by atoms with E-state index >= 15 is 0 Å². The van der Waals surface area contributed by atoms with Crippen molar-refractivity contribution in [2.75, 3.05) is 11.6 Å². The number of carbonyl (C=O) groups excluding carboxylic acids is 1. The summed E-state index contributed by atoms with van der Waals surface area (Å²) in [5, 5.41) is 9.77. The fraction of sp³-hybridized carbons (Fsp3) is 0.300. The molecule has 0 fully saturated rings. The van der Waals surface area contributed by atoms with Gasteiger partial charge in [-0.3, -0.25) is 4.79 Å². The van der Waals surface area contributed by atoms with Crippen molar-refractivity contribution >= 4 is 27.5 Å². The standard InChI is InChI=1S/C10H12N2O5S/c1-6(18(2,16)17)9(13)12-8-5-7(10(14)15)3-4-11-8/h3-6H,1-2H3,(H,14,15)(H,11,12,13). The van der Waals surface area contributed by atoms with Crippen molar-refractivity contribution in [3.8, 4) is 0 Å². The van der Waals surface area contributed by atoms with E-state index in [4.69, 9.17) is 5.11 Å². The third kappa shape index (κ3) is 3.52. The van der Waals surface area contributed by atoms with E-state index in [1.807, 2.05) is 0 Å². The van der Waals surface area contributed by atoms with Crippen LogP contribution in [0.5, 0.6) is 0 Å². The molecule has 0 bridgehead atoms. The summed E-state index contributed by atoms with van der Waals surface area (Å²) in [5.41, 5.74) is -0.0488. The molecule has 0 aromatic carbocycles. The van der Waals surface area contributed by atoms with Crippen LogP contribution in [0.3, 0.4) is 0 Å². The molecule has 98 valence electrons. The zero-order chi connectivity index (χ0) is 13.9. The van der Waals surface area contributed by atoms with E-state index in [1.54, 1.807) is 0 Å².